The molecule has 0 aliphatic carbocycles. The summed E-state index contributed by atoms with van der Waals surface area (Å²) in [5.41, 5.74) is 1.20. The molecule has 0 saturated carbocycles. The molecule has 0 aliphatic heterocycles. The molecule has 2 heteroatoms. The molecular weight excluding hydrogens is 212 g/mol. The van der Waals surface area contributed by atoms with Crippen molar-refractivity contribution >= 4 is 16.6 Å². The van der Waals surface area contributed by atoms with Crippen molar-refractivity contribution in [1.29, 1.82) is 0 Å². The molecule has 0 saturated heterocycles. The fraction of sp³-hybridized carbons (Fsp3) is 0.267. The third-order valence-electron chi connectivity index (χ3n) is 2.89. The third-order valence-corrected chi connectivity index (χ3v) is 2.89. The summed E-state index contributed by atoms with van der Waals surface area (Å²) in [4.78, 5) is 11.0. The second-order valence-electron chi connectivity index (χ2n) is 4.22. The van der Waals surface area contributed by atoms with Crippen LogP contribution in [0.5, 0.6) is 5.75 Å². The smallest absolute Gasteiger partial charge is 0.130 e. The van der Waals surface area contributed by atoms with Crippen molar-refractivity contribution in [2.24, 2.45) is 0 Å². The lowest BCUT2D eigenvalue weighted by Crippen LogP contribution is -1.94. The van der Waals surface area contributed by atoms with E-state index in [1.165, 1.54) is 5.56 Å². The van der Waals surface area contributed by atoms with Crippen LogP contribution in [0.25, 0.3) is 10.8 Å². The molecule has 0 heterocycles. The van der Waals surface area contributed by atoms with Gasteiger partial charge in [-0.15, -0.1) is 0 Å². The van der Waals surface area contributed by atoms with Crippen LogP contribution in [0.3, 0.4) is 0 Å². The number of hydrogen-bond donors (Lipinski definition) is 0. The van der Waals surface area contributed by atoms with Gasteiger partial charge in [0.1, 0.15) is 11.5 Å². The number of hydrogen-bond acceptors (Lipinski definition) is 2. The number of carbonyl (C=O) groups excluding carboxylic acids is 1. The zero-order valence-electron chi connectivity index (χ0n) is 10.2. The van der Waals surface area contributed by atoms with Gasteiger partial charge < -0.3 is 9.53 Å². The Bertz CT molecular complexity index is 544. The summed E-state index contributed by atoms with van der Waals surface area (Å²) in [6, 6.07) is 12.3. The van der Waals surface area contributed by atoms with Crippen LogP contribution in [0.4, 0.5) is 0 Å². The average molecular weight is 228 g/mol. The first-order valence-electron chi connectivity index (χ1n) is 5.76. The lowest BCUT2D eigenvalue weighted by atomic mass is 10.0. The molecule has 2 aromatic rings. The van der Waals surface area contributed by atoms with Gasteiger partial charge in [0.15, 0.2) is 0 Å². The Labute approximate surface area is 101 Å². The summed E-state index contributed by atoms with van der Waals surface area (Å²) in [5.74, 6) is 1.12. The summed E-state index contributed by atoms with van der Waals surface area (Å²) in [6.45, 7) is 1.63. The van der Waals surface area contributed by atoms with Gasteiger partial charge in [-0.3, -0.25) is 0 Å². The van der Waals surface area contributed by atoms with Crippen LogP contribution in [0.15, 0.2) is 36.4 Å². The molecule has 0 atom stereocenters. The van der Waals surface area contributed by atoms with E-state index in [2.05, 4.69) is 24.3 Å². The second kappa shape index (κ2) is 5.00. The fourth-order valence-electron chi connectivity index (χ4n) is 1.96. The quantitative estimate of drug-likeness (QED) is 0.802. The van der Waals surface area contributed by atoms with Crippen LogP contribution >= 0.6 is 0 Å². The van der Waals surface area contributed by atoms with Crippen molar-refractivity contribution in [1.82, 2.24) is 0 Å². The van der Waals surface area contributed by atoms with Crippen molar-refractivity contribution in [3.05, 3.63) is 42.0 Å². The van der Waals surface area contributed by atoms with Crippen molar-refractivity contribution in [2.75, 3.05) is 7.11 Å². The van der Waals surface area contributed by atoms with Gasteiger partial charge in [-0.25, -0.2) is 0 Å². The lowest BCUT2D eigenvalue weighted by molar-refractivity contribution is -0.116. The predicted octanol–water partition coefficient (Wildman–Crippen LogP) is 3.37. The number of aryl methyl sites for hydroxylation is 1. The summed E-state index contributed by atoms with van der Waals surface area (Å²) < 4.78 is 5.31. The van der Waals surface area contributed by atoms with Crippen LogP contribution in [0.2, 0.25) is 0 Å². The number of rotatable bonds is 4. The second-order valence-corrected chi connectivity index (χ2v) is 4.22. The van der Waals surface area contributed by atoms with Gasteiger partial charge >= 0.3 is 0 Å². The number of methoxy groups -OCH3 is 1. The van der Waals surface area contributed by atoms with Crippen LogP contribution in [-0.4, -0.2) is 12.9 Å². The van der Waals surface area contributed by atoms with Gasteiger partial charge in [-0.2, -0.15) is 0 Å². The van der Waals surface area contributed by atoms with Crippen molar-refractivity contribution in [2.45, 2.75) is 19.8 Å². The highest BCUT2D eigenvalue weighted by atomic mass is 16.5. The van der Waals surface area contributed by atoms with E-state index in [9.17, 15) is 4.79 Å². The minimum atomic E-state index is 0.232. The average Bonchev–Trinajstić information content (AvgIpc) is 2.35. The van der Waals surface area contributed by atoms with Gasteiger partial charge in [0, 0.05) is 11.8 Å². The number of Topliss-reactive ketones (excluding diaryl/α,β-unsaturated/α-hetero) is 1. The molecule has 0 N–H and O–H groups in total. The number of fused-ring (bicyclic) bond motifs is 1. The zero-order valence-corrected chi connectivity index (χ0v) is 10.2. The molecule has 0 aromatic heterocycles. The number of carbonyl (C=O) groups is 1. The molecular formula is C15H16O2. The monoisotopic (exact) mass is 228 g/mol. The SMILES string of the molecule is COc1cccc2cc(CCC(C)=O)ccc12. The van der Waals surface area contributed by atoms with E-state index in [0.717, 1.165) is 22.9 Å². The topological polar surface area (TPSA) is 26.3 Å². The van der Waals surface area contributed by atoms with Gasteiger partial charge in [0.2, 0.25) is 0 Å². The Hall–Kier alpha value is -1.83. The molecule has 88 valence electrons. The number of benzene rings is 2. The highest BCUT2D eigenvalue weighted by Gasteiger charge is 2.02. The molecule has 0 amide bonds. The Morgan fingerprint density at radius 1 is 1.24 bits per heavy atom. The van der Waals surface area contributed by atoms with Crippen LogP contribution in [0, 0.1) is 0 Å². The largest absolute Gasteiger partial charge is 0.496 e. The molecule has 0 aliphatic rings. The van der Waals surface area contributed by atoms with Gasteiger partial charge in [-0.05, 0) is 30.4 Å². The summed E-state index contributed by atoms with van der Waals surface area (Å²) in [7, 11) is 1.68. The first-order chi connectivity index (χ1) is 8.20. The van der Waals surface area contributed by atoms with Crippen molar-refractivity contribution in [3.63, 3.8) is 0 Å². The Kier molecular flexibility index (Phi) is 3.43. The first-order valence-corrected chi connectivity index (χ1v) is 5.76. The van der Waals surface area contributed by atoms with E-state index in [1.54, 1.807) is 14.0 Å². The first kappa shape index (κ1) is 11.6. The van der Waals surface area contributed by atoms with E-state index in [4.69, 9.17) is 4.74 Å². The molecule has 0 bridgehead atoms. The molecule has 2 nitrogen and oxygen atoms in total. The Balaban J connectivity index is 2.34. The molecule has 17 heavy (non-hydrogen) atoms. The lowest BCUT2D eigenvalue weighted by Gasteiger charge is -2.07. The van der Waals surface area contributed by atoms with Crippen LogP contribution in [0.1, 0.15) is 18.9 Å². The molecule has 2 aromatic carbocycles. The van der Waals surface area contributed by atoms with Gasteiger partial charge in [0.05, 0.1) is 7.11 Å². The summed E-state index contributed by atoms with van der Waals surface area (Å²) >= 11 is 0. The maximum absolute atomic E-state index is 11.0. The van der Waals surface area contributed by atoms with E-state index >= 15 is 0 Å². The standard InChI is InChI=1S/C15H16O2/c1-11(16)6-7-12-8-9-14-13(10-12)4-3-5-15(14)17-2/h3-5,8-10H,6-7H2,1-2H3. The molecule has 2 rings (SSSR count). The predicted molar refractivity (Wildman–Crippen MR) is 69.5 cm³/mol. The normalized spacial score (nSPS) is 10.5. The molecule has 0 fully saturated rings. The number of ketones is 1. The minimum Gasteiger partial charge on any atom is -0.496 e. The molecule has 0 radical (unpaired) electrons. The maximum atomic E-state index is 11.0. The van der Waals surface area contributed by atoms with Gasteiger partial charge in [-0.1, -0.05) is 30.3 Å². The minimum absolute atomic E-state index is 0.232. The van der Waals surface area contributed by atoms with Gasteiger partial charge in [0.25, 0.3) is 0 Å². The van der Waals surface area contributed by atoms with E-state index in [-0.39, 0.29) is 5.78 Å². The number of ether oxygens (including phenoxy) is 1. The highest BCUT2D eigenvalue weighted by molar-refractivity contribution is 5.89. The zero-order chi connectivity index (χ0) is 12.3. The summed E-state index contributed by atoms with van der Waals surface area (Å²) in [5, 5.41) is 2.27. The fourth-order valence-corrected chi connectivity index (χ4v) is 1.96. The van der Waals surface area contributed by atoms with E-state index in [0.29, 0.717) is 6.42 Å². The summed E-state index contributed by atoms with van der Waals surface area (Å²) in [6.07, 6.45) is 1.41. The highest BCUT2D eigenvalue weighted by Crippen LogP contribution is 2.26. The van der Waals surface area contributed by atoms with Crippen LogP contribution in [-0.2, 0) is 11.2 Å². The molecule has 0 spiro atoms. The van der Waals surface area contributed by atoms with Crippen LogP contribution < -0.4 is 4.74 Å². The maximum Gasteiger partial charge on any atom is 0.130 e. The van der Waals surface area contributed by atoms with E-state index < -0.39 is 0 Å². The van der Waals surface area contributed by atoms with E-state index in [1.807, 2.05) is 12.1 Å². The van der Waals surface area contributed by atoms with Crippen molar-refractivity contribution in [3.8, 4) is 5.75 Å². The molecule has 0 unspecified atom stereocenters. The Morgan fingerprint density at radius 2 is 2.06 bits per heavy atom. The Morgan fingerprint density at radius 3 is 2.76 bits per heavy atom. The van der Waals surface area contributed by atoms with Crippen molar-refractivity contribution < 1.29 is 9.53 Å². The third kappa shape index (κ3) is 2.64.